The molecule has 1 saturated carbocycles. The Morgan fingerprint density at radius 2 is 0.963 bits per heavy atom. The second kappa shape index (κ2) is 14.9. The van der Waals surface area contributed by atoms with Crippen molar-refractivity contribution in [3.8, 4) is 0 Å². The highest BCUT2D eigenvalue weighted by Crippen LogP contribution is 2.33. The largest absolute Gasteiger partial charge is 0.300 e. The van der Waals surface area contributed by atoms with Gasteiger partial charge in [-0.15, -0.1) is 0 Å². The lowest BCUT2D eigenvalue weighted by atomic mass is 9.81. The number of nitrogens with zero attached hydrogens (tertiary/aromatic N) is 1. The van der Waals surface area contributed by atoms with Gasteiger partial charge in [0.2, 0.25) is 0 Å². The van der Waals surface area contributed by atoms with Gasteiger partial charge in [0.15, 0.2) is 0 Å². The van der Waals surface area contributed by atoms with Gasteiger partial charge in [-0.05, 0) is 63.5 Å². The fourth-order valence-electron chi connectivity index (χ4n) is 5.66. The van der Waals surface area contributed by atoms with Gasteiger partial charge in [-0.3, -0.25) is 0 Å². The molecule has 2 rings (SSSR count). The summed E-state index contributed by atoms with van der Waals surface area (Å²) in [5.41, 5.74) is 0. The molecule has 160 valence electrons. The number of likely N-dealkylation sites (tertiary alicyclic amines) is 1. The van der Waals surface area contributed by atoms with Crippen molar-refractivity contribution in [2.24, 2.45) is 11.8 Å². The molecule has 27 heavy (non-hydrogen) atoms. The number of unbranched alkanes of at least 4 members (excludes halogenated alkanes) is 9. The first kappa shape index (κ1) is 23.2. The van der Waals surface area contributed by atoms with E-state index in [9.17, 15) is 0 Å². The van der Waals surface area contributed by atoms with Crippen LogP contribution in [-0.4, -0.2) is 24.0 Å². The molecule has 0 amide bonds. The van der Waals surface area contributed by atoms with Crippen LogP contribution in [0.25, 0.3) is 0 Å². The Labute approximate surface area is 172 Å². The summed E-state index contributed by atoms with van der Waals surface area (Å²) in [5.74, 6) is 2.11. The minimum atomic E-state index is 0.941. The molecule has 0 N–H and O–H groups in total. The predicted octanol–water partition coefficient (Wildman–Crippen LogP) is 8.37. The zero-order valence-electron chi connectivity index (χ0n) is 19.0. The monoisotopic (exact) mass is 377 g/mol. The van der Waals surface area contributed by atoms with Crippen molar-refractivity contribution in [1.29, 1.82) is 0 Å². The molecule has 2 aliphatic rings. The molecule has 2 fully saturated rings. The lowest BCUT2D eigenvalue weighted by Crippen LogP contribution is -2.43. The van der Waals surface area contributed by atoms with Crippen molar-refractivity contribution in [2.75, 3.05) is 13.1 Å². The molecular weight excluding hydrogens is 326 g/mol. The average molecular weight is 378 g/mol. The van der Waals surface area contributed by atoms with Gasteiger partial charge in [-0.1, -0.05) is 97.3 Å². The van der Waals surface area contributed by atoms with E-state index in [2.05, 4.69) is 18.7 Å². The van der Waals surface area contributed by atoms with Crippen LogP contribution in [0.2, 0.25) is 0 Å². The van der Waals surface area contributed by atoms with Crippen molar-refractivity contribution in [3.05, 3.63) is 0 Å². The summed E-state index contributed by atoms with van der Waals surface area (Å²) in [6, 6.07) is 0.941. The fourth-order valence-corrected chi connectivity index (χ4v) is 5.66. The molecule has 1 aliphatic carbocycles. The normalized spacial score (nSPS) is 25.1. The Kier molecular flexibility index (Phi) is 12.8. The summed E-state index contributed by atoms with van der Waals surface area (Å²) >= 11 is 0. The first-order valence-corrected chi connectivity index (χ1v) is 13.1. The summed E-state index contributed by atoms with van der Waals surface area (Å²) in [5, 5.41) is 0. The van der Waals surface area contributed by atoms with Gasteiger partial charge >= 0.3 is 0 Å². The molecule has 1 nitrogen and oxygen atoms in total. The molecule has 0 atom stereocenters. The Morgan fingerprint density at radius 1 is 0.519 bits per heavy atom. The van der Waals surface area contributed by atoms with E-state index in [1.807, 2.05) is 0 Å². The summed E-state index contributed by atoms with van der Waals surface area (Å²) in [4.78, 5) is 2.88. The summed E-state index contributed by atoms with van der Waals surface area (Å²) in [7, 11) is 0. The Morgan fingerprint density at radius 3 is 1.56 bits per heavy atom. The first-order valence-electron chi connectivity index (χ1n) is 13.1. The van der Waals surface area contributed by atoms with Gasteiger partial charge in [0.1, 0.15) is 0 Å². The van der Waals surface area contributed by atoms with E-state index in [1.165, 1.54) is 135 Å². The molecule has 1 heterocycles. The van der Waals surface area contributed by atoms with Crippen molar-refractivity contribution in [1.82, 2.24) is 4.90 Å². The second-order valence-corrected chi connectivity index (χ2v) is 9.91. The van der Waals surface area contributed by atoms with Crippen LogP contribution in [-0.2, 0) is 0 Å². The van der Waals surface area contributed by atoms with Gasteiger partial charge in [0, 0.05) is 6.04 Å². The van der Waals surface area contributed by atoms with Crippen LogP contribution in [0.4, 0.5) is 0 Å². The molecule has 0 unspecified atom stereocenters. The van der Waals surface area contributed by atoms with Gasteiger partial charge in [0.05, 0.1) is 0 Å². The minimum Gasteiger partial charge on any atom is -0.300 e. The van der Waals surface area contributed by atoms with Crippen molar-refractivity contribution in [2.45, 2.75) is 142 Å². The smallest absolute Gasteiger partial charge is 0.00954 e. The van der Waals surface area contributed by atoms with E-state index in [-0.39, 0.29) is 0 Å². The molecule has 0 radical (unpaired) electrons. The van der Waals surface area contributed by atoms with Crippen molar-refractivity contribution < 1.29 is 0 Å². The van der Waals surface area contributed by atoms with Gasteiger partial charge < -0.3 is 4.90 Å². The lowest BCUT2D eigenvalue weighted by Gasteiger charge is -2.41. The zero-order chi connectivity index (χ0) is 19.2. The lowest BCUT2D eigenvalue weighted by molar-refractivity contribution is 0.0900. The van der Waals surface area contributed by atoms with Gasteiger partial charge in [0.25, 0.3) is 0 Å². The standard InChI is InChI=1S/C26H51N/c1-3-5-7-8-9-10-11-13-15-24-16-18-26(19-17-24)27-22-20-25(21-23-27)14-12-6-4-2/h24-26H,3-23H2,1-2H3. The first-order chi connectivity index (χ1) is 13.3. The summed E-state index contributed by atoms with van der Waals surface area (Å²) < 4.78 is 0. The van der Waals surface area contributed by atoms with Crippen LogP contribution in [0.3, 0.4) is 0 Å². The number of piperidine rings is 1. The van der Waals surface area contributed by atoms with E-state index in [1.54, 1.807) is 0 Å². The van der Waals surface area contributed by atoms with E-state index >= 15 is 0 Å². The highest BCUT2D eigenvalue weighted by molar-refractivity contribution is 4.83. The highest BCUT2D eigenvalue weighted by atomic mass is 15.2. The third-order valence-corrected chi connectivity index (χ3v) is 7.66. The van der Waals surface area contributed by atoms with Crippen LogP contribution in [0.1, 0.15) is 136 Å². The van der Waals surface area contributed by atoms with Crippen LogP contribution < -0.4 is 0 Å². The molecule has 1 aliphatic heterocycles. The molecule has 0 spiro atoms. The molecule has 0 bridgehead atoms. The fraction of sp³-hybridized carbons (Fsp3) is 1.00. The van der Waals surface area contributed by atoms with Gasteiger partial charge in [-0.2, -0.15) is 0 Å². The van der Waals surface area contributed by atoms with Crippen LogP contribution in [0.5, 0.6) is 0 Å². The maximum Gasteiger partial charge on any atom is 0.00954 e. The predicted molar refractivity (Wildman–Crippen MR) is 121 cm³/mol. The SMILES string of the molecule is CCCCCCCCCCC1CCC(N2CCC(CCCCC)CC2)CC1. The number of hydrogen-bond donors (Lipinski definition) is 0. The number of hydrogen-bond acceptors (Lipinski definition) is 1. The van der Waals surface area contributed by atoms with Crippen LogP contribution in [0.15, 0.2) is 0 Å². The number of rotatable bonds is 14. The van der Waals surface area contributed by atoms with E-state index in [0.29, 0.717) is 0 Å². The third kappa shape index (κ3) is 9.82. The summed E-state index contributed by atoms with van der Waals surface area (Å²) in [6.45, 7) is 7.45. The van der Waals surface area contributed by atoms with Crippen LogP contribution >= 0.6 is 0 Å². The molecule has 0 aromatic carbocycles. The highest BCUT2D eigenvalue weighted by Gasteiger charge is 2.28. The Balaban J connectivity index is 1.46. The van der Waals surface area contributed by atoms with Gasteiger partial charge in [-0.25, -0.2) is 0 Å². The van der Waals surface area contributed by atoms with E-state index in [4.69, 9.17) is 0 Å². The Bertz CT molecular complexity index is 323. The topological polar surface area (TPSA) is 3.24 Å². The molecule has 0 aromatic heterocycles. The van der Waals surface area contributed by atoms with Crippen LogP contribution in [0, 0.1) is 11.8 Å². The average Bonchev–Trinajstić information content (AvgIpc) is 2.71. The Hall–Kier alpha value is -0.0400. The third-order valence-electron chi connectivity index (χ3n) is 7.66. The summed E-state index contributed by atoms with van der Waals surface area (Å²) in [6.07, 6.45) is 28.1. The second-order valence-electron chi connectivity index (χ2n) is 9.91. The maximum absolute atomic E-state index is 2.88. The van der Waals surface area contributed by atoms with Crippen molar-refractivity contribution in [3.63, 3.8) is 0 Å². The molecule has 1 saturated heterocycles. The van der Waals surface area contributed by atoms with Crippen molar-refractivity contribution >= 4 is 0 Å². The van der Waals surface area contributed by atoms with E-state index in [0.717, 1.165) is 17.9 Å². The zero-order valence-corrected chi connectivity index (χ0v) is 19.0. The molecule has 0 aromatic rings. The maximum atomic E-state index is 2.88. The quantitative estimate of drug-likeness (QED) is 0.275. The molecule has 1 heteroatoms. The molecular formula is C26H51N. The van der Waals surface area contributed by atoms with E-state index < -0.39 is 0 Å². The minimum absolute atomic E-state index is 0.941.